The van der Waals surface area contributed by atoms with Gasteiger partial charge in [0.1, 0.15) is 6.33 Å². The molecule has 0 radical (unpaired) electrons. The zero-order chi connectivity index (χ0) is 10.9. The van der Waals surface area contributed by atoms with Crippen LogP contribution in [-0.4, -0.2) is 27.4 Å². The minimum atomic E-state index is 0.553. The van der Waals surface area contributed by atoms with Crippen molar-refractivity contribution in [3.63, 3.8) is 0 Å². The van der Waals surface area contributed by atoms with Crippen LogP contribution < -0.4 is 5.32 Å². The van der Waals surface area contributed by atoms with Crippen LogP contribution in [-0.2, 0) is 13.5 Å². The maximum absolute atomic E-state index is 4.25. The van der Waals surface area contributed by atoms with Crippen LogP contribution in [0.4, 0.5) is 0 Å². The molecule has 1 aromatic heterocycles. The molecule has 1 saturated carbocycles. The zero-order valence-corrected chi connectivity index (χ0v) is 9.82. The van der Waals surface area contributed by atoms with Crippen LogP contribution >= 0.6 is 0 Å². The van der Waals surface area contributed by atoms with Crippen molar-refractivity contribution >= 4 is 0 Å². The van der Waals surface area contributed by atoms with Gasteiger partial charge >= 0.3 is 0 Å². The van der Waals surface area contributed by atoms with Gasteiger partial charge in [-0.25, -0.2) is 4.98 Å². The third kappa shape index (κ3) is 2.56. The summed E-state index contributed by atoms with van der Waals surface area (Å²) in [6, 6.07) is 0.612. The first-order valence-corrected chi connectivity index (χ1v) is 5.68. The smallest absolute Gasteiger partial charge is 0.151 e. The second-order valence-corrected chi connectivity index (χ2v) is 4.91. The molecule has 1 heterocycles. The SMILES string of the molecule is CC(NCCc1ncn(C)n1)C1(C)CC1. The molecule has 1 aliphatic rings. The number of hydrogen-bond acceptors (Lipinski definition) is 3. The van der Waals surface area contributed by atoms with Gasteiger partial charge < -0.3 is 5.32 Å². The van der Waals surface area contributed by atoms with Crippen molar-refractivity contribution in [2.45, 2.75) is 39.2 Å². The highest BCUT2D eigenvalue weighted by molar-refractivity contribution is 4.96. The van der Waals surface area contributed by atoms with E-state index in [-0.39, 0.29) is 0 Å². The summed E-state index contributed by atoms with van der Waals surface area (Å²) in [5, 5.41) is 7.80. The molecular formula is C11H20N4. The third-order valence-electron chi connectivity index (χ3n) is 3.53. The molecule has 0 spiro atoms. The molecule has 0 saturated heterocycles. The van der Waals surface area contributed by atoms with Crippen LogP contribution in [0.2, 0.25) is 0 Å². The molecule has 1 fully saturated rings. The molecule has 1 unspecified atom stereocenters. The van der Waals surface area contributed by atoms with E-state index in [2.05, 4.69) is 29.2 Å². The first-order valence-electron chi connectivity index (χ1n) is 5.68. The molecule has 4 nitrogen and oxygen atoms in total. The number of aromatic nitrogens is 3. The Bertz CT molecular complexity index is 327. The second kappa shape index (κ2) is 3.93. The normalized spacial score (nSPS) is 20.2. The van der Waals surface area contributed by atoms with Crippen LogP contribution in [0.1, 0.15) is 32.5 Å². The number of nitrogens with zero attached hydrogens (tertiary/aromatic N) is 3. The van der Waals surface area contributed by atoms with Crippen LogP contribution in [0.3, 0.4) is 0 Å². The minimum absolute atomic E-state index is 0.553. The highest BCUT2D eigenvalue weighted by Crippen LogP contribution is 2.47. The van der Waals surface area contributed by atoms with E-state index >= 15 is 0 Å². The predicted molar refractivity (Wildman–Crippen MR) is 59.5 cm³/mol. The molecule has 0 amide bonds. The quantitative estimate of drug-likeness (QED) is 0.789. The molecule has 1 aromatic rings. The van der Waals surface area contributed by atoms with E-state index < -0.39 is 0 Å². The summed E-state index contributed by atoms with van der Waals surface area (Å²) in [5.74, 6) is 0.929. The van der Waals surface area contributed by atoms with Gasteiger partial charge in [0.2, 0.25) is 0 Å². The molecule has 0 aliphatic heterocycles. The summed E-state index contributed by atoms with van der Waals surface area (Å²) >= 11 is 0. The molecule has 0 aromatic carbocycles. The Hall–Kier alpha value is -0.900. The van der Waals surface area contributed by atoms with E-state index in [0.717, 1.165) is 18.8 Å². The molecule has 1 N–H and O–H groups in total. The van der Waals surface area contributed by atoms with Gasteiger partial charge in [0.25, 0.3) is 0 Å². The second-order valence-electron chi connectivity index (χ2n) is 4.91. The van der Waals surface area contributed by atoms with Crippen molar-refractivity contribution < 1.29 is 0 Å². The van der Waals surface area contributed by atoms with Crippen molar-refractivity contribution in [3.8, 4) is 0 Å². The van der Waals surface area contributed by atoms with Crippen LogP contribution in [0.25, 0.3) is 0 Å². The van der Waals surface area contributed by atoms with Crippen molar-refractivity contribution in [3.05, 3.63) is 12.2 Å². The highest BCUT2D eigenvalue weighted by atomic mass is 15.3. The summed E-state index contributed by atoms with van der Waals surface area (Å²) in [6.45, 7) is 5.60. The fraction of sp³-hybridized carbons (Fsp3) is 0.818. The molecule has 15 heavy (non-hydrogen) atoms. The van der Waals surface area contributed by atoms with Gasteiger partial charge in [-0.15, -0.1) is 0 Å². The highest BCUT2D eigenvalue weighted by Gasteiger charge is 2.41. The van der Waals surface area contributed by atoms with E-state index in [4.69, 9.17) is 0 Å². The maximum atomic E-state index is 4.25. The zero-order valence-electron chi connectivity index (χ0n) is 9.82. The lowest BCUT2D eigenvalue weighted by molar-refractivity contribution is 0.382. The molecule has 0 bridgehead atoms. The van der Waals surface area contributed by atoms with Gasteiger partial charge in [0, 0.05) is 26.1 Å². The minimum Gasteiger partial charge on any atom is -0.313 e. The van der Waals surface area contributed by atoms with Crippen LogP contribution in [0.15, 0.2) is 6.33 Å². The number of rotatable bonds is 5. The Kier molecular flexibility index (Phi) is 2.78. The Balaban J connectivity index is 1.71. The van der Waals surface area contributed by atoms with E-state index in [0.29, 0.717) is 11.5 Å². The van der Waals surface area contributed by atoms with Crippen molar-refractivity contribution in [1.29, 1.82) is 0 Å². The van der Waals surface area contributed by atoms with E-state index in [1.54, 1.807) is 11.0 Å². The van der Waals surface area contributed by atoms with E-state index in [1.165, 1.54) is 12.8 Å². The largest absolute Gasteiger partial charge is 0.313 e. The van der Waals surface area contributed by atoms with Gasteiger partial charge in [0.15, 0.2) is 5.82 Å². The fourth-order valence-corrected chi connectivity index (χ4v) is 1.78. The first kappa shape index (κ1) is 10.6. The average Bonchev–Trinajstić information content (AvgIpc) is 2.81. The van der Waals surface area contributed by atoms with Gasteiger partial charge in [-0.3, -0.25) is 4.68 Å². The van der Waals surface area contributed by atoms with Crippen LogP contribution in [0, 0.1) is 5.41 Å². The number of hydrogen-bond donors (Lipinski definition) is 1. The predicted octanol–water partition coefficient (Wildman–Crippen LogP) is 1.14. The summed E-state index contributed by atoms with van der Waals surface area (Å²) in [4.78, 5) is 4.20. The molecular weight excluding hydrogens is 188 g/mol. The first-order chi connectivity index (χ1) is 7.10. The van der Waals surface area contributed by atoms with Gasteiger partial charge in [-0.05, 0) is 25.2 Å². The van der Waals surface area contributed by atoms with E-state index in [9.17, 15) is 0 Å². The lowest BCUT2D eigenvalue weighted by Crippen LogP contribution is -2.34. The standard InChI is InChI=1S/C11H20N4/c1-9(11(2)5-6-11)12-7-4-10-13-8-15(3)14-10/h8-9,12H,4-7H2,1-3H3. The maximum Gasteiger partial charge on any atom is 0.151 e. The number of nitrogens with one attached hydrogen (secondary N) is 1. The molecule has 2 rings (SSSR count). The number of aryl methyl sites for hydroxylation is 1. The summed E-state index contributed by atoms with van der Waals surface area (Å²) in [5.41, 5.74) is 0.553. The monoisotopic (exact) mass is 208 g/mol. The van der Waals surface area contributed by atoms with Gasteiger partial charge in [-0.2, -0.15) is 5.10 Å². The van der Waals surface area contributed by atoms with Crippen molar-refractivity contribution in [1.82, 2.24) is 20.1 Å². The Morgan fingerprint density at radius 1 is 1.60 bits per heavy atom. The van der Waals surface area contributed by atoms with Crippen LogP contribution in [0.5, 0.6) is 0 Å². The lowest BCUT2D eigenvalue weighted by Gasteiger charge is -2.19. The van der Waals surface area contributed by atoms with Crippen molar-refractivity contribution in [2.75, 3.05) is 6.54 Å². The van der Waals surface area contributed by atoms with Gasteiger partial charge in [-0.1, -0.05) is 6.92 Å². The summed E-state index contributed by atoms with van der Waals surface area (Å²) in [7, 11) is 1.90. The Morgan fingerprint density at radius 2 is 2.33 bits per heavy atom. The summed E-state index contributed by atoms with van der Waals surface area (Å²) in [6.07, 6.45) is 5.40. The molecule has 1 atom stereocenters. The fourth-order valence-electron chi connectivity index (χ4n) is 1.78. The lowest BCUT2D eigenvalue weighted by atomic mass is 10.0. The Morgan fingerprint density at radius 3 is 2.87 bits per heavy atom. The van der Waals surface area contributed by atoms with Gasteiger partial charge in [0.05, 0.1) is 0 Å². The molecule has 1 aliphatic carbocycles. The van der Waals surface area contributed by atoms with Crippen molar-refractivity contribution in [2.24, 2.45) is 12.5 Å². The molecule has 4 heteroatoms. The third-order valence-corrected chi connectivity index (χ3v) is 3.53. The Labute approximate surface area is 91.1 Å². The summed E-state index contributed by atoms with van der Waals surface area (Å²) < 4.78 is 1.75. The topological polar surface area (TPSA) is 42.7 Å². The van der Waals surface area contributed by atoms with E-state index in [1.807, 2.05) is 7.05 Å². The average molecular weight is 208 g/mol. The molecule has 84 valence electrons.